The standard InChI is InChI=1S/C19H15FINO3S2/c1-22-18(23)16(27-19(22)26)9-11-7-14(21)17(15(8-11)24-2)25-10-12-5-3-4-6-13(12)20/h3-9H,10H2,1-2H3/b16-9-. The molecule has 0 saturated carbocycles. The Balaban J connectivity index is 1.87. The second-order valence-electron chi connectivity index (χ2n) is 5.65. The van der Waals surface area contributed by atoms with Crippen LogP contribution in [0.1, 0.15) is 11.1 Å². The highest BCUT2D eigenvalue weighted by Gasteiger charge is 2.28. The molecule has 0 spiro atoms. The fourth-order valence-corrected chi connectivity index (χ4v) is 4.39. The van der Waals surface area contributed by atoms with Crippen LogP contribution in [0.3, 0.4) is 0 Å². The molecule has 1 aliphatic heterocycles. The highest BCUT2D eigenvalue weighted by molar-refractivity contribution is 14.1. The fourth-order valence-electron chi connectivity index (χ4n) is 2.43. The first-order chi connectivity index (χ1) is 12.9. The number of carbonyl (C=O) groups is 1. The van der Waals surface area contributed by atoms with Crippen LogP contribution in [0.4, 0.5) is 4.39 Å². The van der Waals surface area contributed by atoms with Crippen LogP contribution in [0.25, 0.3) is 6.08 Å². The average Bonchev–Trinajstić information content (AvgIpc) is 2.88. The van der Waals surface area contributed by atoms with Gasteiger partial charge in [-0.05, 0) is 52.4 Å². The van der Waals surface area contributed by atoms with Crippen molar-refractivity contribution in [3.63, 3.8) is 0 Å². The van der Waals surface area contributed by atoms with E-state index in [-0.39, 0.29) is 18.3 Å². The van der Waals surface area contributed by atoms with Gasteiger partial charge in [0.2, 0.25) is 0 Å². The second-order valence-corrected chi connectivity index (χ2v) is 8.49. The Kier molecular flexibility index (Phi) is 6.38. The Hall–Kier alpha value is -1.65. The Morgan fingerprint density at radius 1 is 1.33 bits per heavy atom. The number of amides is 1. The Morgan fingerprint density at radius 2 is 2.07 bits per heavy atom. The third-order valence-electron chi connectivity index (χ3n) is 3.87. The highest BCUT2D eigenvalue weighted by Crippen LogP contribution is 2.37. The molecule has 1 heterocycles. The topological polar surface area (TPSA) is 38.8 Å². The molecule has 8 heteroatoms. The maximum absolute atomic E-state index is 13.8. The largest absolute Gasteiger partial charge is 0.493 e. The summed E-state index contributed by atoms with van der Waals surface area (Å²) < 4.78 is 26.4. The first kappa shape index (κ1) is 20.1. The highest BCUT2D eigenvalue weighted by atomic mass is 127. The summed E-state index contributed by atoms with van der Waals surface area (Å²) in [6.07, 6.45) is 1.77. The molecular formula is C19H15FINO3S2. The zero-order chi connectivity index (χ0) is 19.6. The van der Waals surface area contributed by atoms with Crippen LogP contribution in [0.5, 0.6) is 11.5 Å². The molecule has 1 fully saturated rings. The second kappa shape index (κ2) is 8.57. The summed E-state index contributed by atoms with van der Waals surface area (Å²) in [7, 11) is 3.19. The summed E-state index contributed by atoms with van der Waals surface area (Å²) in [5.74, 6) is 0.599. The third-order valence-corrected chi connectivity index (χ3v) is 6.15. The van der Waals surface area contributed by atoms with Gasteiger partial charge in [-0.1, -0.05) is 42.2 Å². The van der Waals surface area contributed by atoms with E-state index in [0.717, 1.165) is 9.13 Å². The number of halogens is 2. The van der Waals surface area contributed by atoms with Crippen molar-refractivity contribution in [1.82, 2.24) is 4.90 Å². The normalized spacial score (nSPS) is 15.6. The number of ether oxygens (including phenoxy) is 2. The maximum Gasteiger partial charge on any atom is 0.265 e. The van der Waals surface area contributed by atoms with Crippen LogP contribution in [0.2, 0.25) is 0 Å². The van der Waals surface area contributed by atoms with Crippen LogP contribution in [-0.4, -0.2) is 29.3 Å². The summed E-state index contributed by atoms with van der Waals surface area (Å²) in [4.78, 5) is 14.2. The van der Waals surface area contributed by atoms with Crippen molar-refractivity contribution < 1.29 is 18.7 Å². The number of benzene rings is 2. The molecule has 1 saturated heterocycles. The average molecular weight is 515 g/mol. The summed E-state index contributed by atoms with van der Waals surface area (Å²) in [5, 5.41) is 0. The van der Waals surface area contributed by atoms with Crippen molar-refractivity contribution >= 4 is 62.9 Å². The number of thioether (sulfide) groups is 1. The molecule has 0 aromatic heterocycles. The predicted molar refractivity (Wildman–Crippen MR) is 117 cm³/mol. The summed E-state index contributed by atoms with van der Waals surface area (Å²) in [5.41, 5.74) is 1.26. The molecule has 3 rings (SSSR count). The van der Waals surface area contributed by atoms with Gasteiger partial charge in [0.05, 0.1) is 15.6 Å². The number of hydrogen-bond acceptors (Lipinski definition) is 5. The van der Waals surface area contributed by atoms with E-state index in [0.29, 0.717) is 26.3 Å². The lowest BCUT2D eigenvalue weighted by molar-refractivity contribution is -0.121. The number of methoxy groups -OCH3 is 1. The molecule has 1 aliphatic rings. The minimum absolute atomic E-state index is 0.0902. The van der Waals surface area contributed by atoms with Crippen molar-refractivity contribution in [1.29, 1.82) is 0 Å². The van der Waals surface area contributed by atoms with Crippen LogP contribution in [0, 0.1) is 9.39 Å². The van der Waals surface area contributed by atoms with Gasteiger partial charge in [0, 0.05) is 12.6 Å². The third kappa shape index (κ3) is 4.44. The van der Waals surface area contributed by atoms with Crippen molar-refractivity contribution in [2.75, 3.05) is 14.2 Å². The van der Waals surface area contributed by atoms with Gasteiger partial charge >= 0.3 is 0 Å². The van der Waals surface area contributed by atoms with Crippen LogP contribution in [-0.2, 0) is 11.4 Å². The number of likely N-dealkylation sites (N-methyl/N-ethyl adjacent to an activating group) is 1. The molecule has 0 radical (unpaired) electrons. The molecule has 27 heavy (non-hydrogen) atoms. The molecule has 0 unspecified atom stereocenters. The van der Waals surface area contributed by atoms with Crippen molar-refractivity contribution in [2.24, 2.45) is 0 Å². The number of thiocarbonyl (C=S) groups is 1. The number of carbonyl (C=O) groups excluding carboxylic acids is 1. The van der Waals surface area contributed by atoms with Gasteiger partial charge in [0.1, 0.15) is 16.7 Å². The van der Waals surface area contributed by atoms with Crippen molar-refractivity contribution in [2.45, 2.75) is 6.61 Å². The van der Waals surface area contributed by atoms with Gasteiger partial charge in [-0.3, -0.25) is 9.69 Å². The Morgan fingerprint density at radius 3 is 2.70 bits per heavy atom. The van der Waals surface area contributed by atoms with Crippen molar-refractivity contribution in [3.8, 4) is 11.5 Å². The summed E-state index contributed by atoms with van der Waals surface area (Å²) >= 11 is 8.54. The lowest BCUT2D eigenvalue weighted by atomic mass is 10.1. The molecule has 2 aromatic carbocycles. The molecule has 0 bridgehead atoms. The van der Waals surface area contributed by atoms with Gasteiger partial charge in [-0.15, -0.1) is 0 Å². The maximum atomic E-state index is 13.8. The molecule has 1 amide bonds. The first-order valence-corrected chi connectivity index (χ1v) is 10.2. The molecule has 2 aromatic rings. The van der Waals surface area contributed by atoms with E-state index in [1.165, 1.54) is 29.8 Å². The van der Waals surface area contributed by atoms with E-state index in [2.05, 4.69) is 22.6 Å². The van der Waals surface area contributed by atoms with E-state index < -0.39 is 0 Å². The zero-order valence-corrected chi connectivity index (χ0v) is 18.3. The number of rotatable bonds is 5. The summed E-state index contributed by atoms with van der Waals surface area (Å²) in [6.45, 7) is 0.0902. The Bertz CT molecular complexity index is 949. The molecule has 0 aliphatic carbocycles. The predicted octanol–water partition coefficient (Wildman–Crippen LogP) is 4.85. The molecule has 140 valence electrons. The smallest absolute Gasteiger partial charge is 0.265 e. The van der Waals surface area contributed by atoms with E-state index in [9.17, 15) is 9.18 Å². The van der Waals surface area contributed by atoms with Gasteiger partial charge in [0.15, 0.2) is 11.5 Å². The van der Waals surface area contributed by atoms with Crippen LogP contribution < -0.4 is 9.47 Å². The van der Waals surface area contributed by atoms with Gasteiger partial charge in [0.25, 0.3) is 5.91 Å². The van der Waals surface area contributed by atoms with Gasteiger partial charge in [-0.25, -0.2) is 4.39 Å². The quantitative estimate of drug-likeness (QED) is 0.324. The van der Waals surface area contributed by atoms with E-state index in [1.807, 2.05) is 6.07 Å². The van der Waals surface area contributed by atoms with Gasteiger partial charge < -0.3 is 9.47 Å². The van der Waals surface area contributed by atoms with Crippen molar-refractivity contribution in [3.05, 3.63) is 61.8 Å². The Labute approximate surface area is 179 Å². The number of hydrogen-bond donors (Lipinski definition) is 0. The number of nitrogens with zero attached hydrogens (tertiary/aromatic N) is 1. The SMILES string of the molecule is COc1cc(/C=C2\SC(=S)N(C)C2=O)cc(I)c1OCc1ccccc1F. The summed E-state index contributed by atoms with van der Waals surface area (Å²) in [6, 6.07) is 10.1. The minimum Gasteiger partial charge on any atom is -0.493 e. The van der Waals surface area contributed by atoms with E-state index in [1.54, 1.807) is 37.4 Å². The fraction of sp³-hybridized carbons (Fsp3) is 0.158. The lowest BCUT2D eigenvalue weighted by Crippen LogP contribution is -2.22. The monoisotopic (exact) mass is 515 g/mol. The zero-order valence-electron chi connectivity index (χ0n) is 14.5. The van der Waals surface area contributed by atoms with E-state index >= 15 is 0 Å². The first-order valence-electron chi connectivity index (χ1n) is 7.86. The molecule has 0 N–H and O–H groups in total. The lowest BCUT2D eigenvalue weighted by Gasteiger charge is -2.14. The van der Waals surface area contributed by atoms with Gasteiger partial charge in [-0.2, -0.15) is 0 Å². The van der Waals surface area contributed by atoms with Crippen LogP contribution >= 0.6 is 46.6 Å². The molecule has 0 atom stereocenters. The minimum atomic E-state index is -0.315. The van der Waals surface area contributed by atoms with E-state index in [4.69, 9.17) is 21.7 Å². The van der Waals surface area contributed by atoms with Crippen LogP contribution in [0.15, 0.2) is 41.3 Å². The molecule has 4 nitrogen and oxygen atoms in total. The molecular weight excluding hydrogens is 500 g/mol.